The molecule has 6 fully saturated rings. The van der Waals surface area contributed by atoms with Crippen molar-refractivity contribution in [2.75, 3.05) is 13.1 Å². The first-order chi connectivity index (χ1) is 44.1. The summed E-state index contributed by atoms with van der Waals surface area (Å²) < 4.78 is 103. The van der Waals surface area contributed by atoms with E-state index in [4.69, 9.17) is 64.1 Å². The number of nitrogens with two attached hydrogens (primary N) is 1. The van der Waals surface area contributed by atoms with E-state index in [1.165, 1.54) is 34.1 Å². The van der Waals surface area contributed by atoms with Gasteiger partial charge in [0, 0.05) is 146 Å². The zero-order chi connectivity index (χ0) is 71.2. The molecule has 39 heteroatoms. The Balaban J connectivity index is 0.000000329. The summed E-state index contributed by atoms with van der Waals surface area (Å²) in [5, 5.41) is 18.7. The van der Waals surface area contributed by atoms with Gasteiger partial charge in [0.1, 0.15) is 58.2 Å². The zero-order valence-corrected chi connectivity index (χ0v) is 59.5. The van der Waals surface area contributed by atoms with Gasteiger partial charge in [-0.2, -0.15) is 0 Å². The van der Waals surface area contributed by atoms with Gasteiger partial charge in [-0.05, 0) is 105 Å². The Kier molecular flexibility index (Phi) is 27.4. The van der Waals surface area contributed by atoms with Crippen molar-refractivity contribution in [1.29, 1.82) is 1.34 Å². The van der Waals surface area contributed by atoms with Crippen LogP contribution >= 0.6 is 0 Å². The van der Waals surface area contributed by atoms with Crippen molar-refractivity contribution in [2.24, 2.45) is 17.0 Å². The first-order valence-electron chi connectivity index (χ1n) is 30.6. The minimum atomic E-state index is -3.87. The van der Waals surface area contributed by atoms with Crippen molar-refractivity contribution in [2.45, 2.75) is 184 Å². The SMILES string of the molecule is C.C=C[C@@H]1C[C@]1(NC(=O)[C@@H]1C[C@@H](OC(=O)N2Cc3cccc(F)c3C2)CN1C(=O)OC(C)(C)C)C(=O)NS(=O)(=O)C1CC1.C=C[C@@H]1C[C@]1(NC(=O)[C@@H]1C[C@@H](OC(=O)N2Cc3cccc(F)c3C2)CN1C(=O)OC(C)(C)C)C(=O)O.NS(=O)(=O)C1CC1.[2H][B].[B]B([B])B([B])B([B])[B].[U]. The second-order valence-electron chi connectivity index (χ2n) is 26.3. The van der Waals surface area contributed by atoms with E-state index in [2.05, 4.69) is 36.9 Å². The van der Waals surface area contributed by atoms with Gasteiger partial charge in [0.15, 0.2) is 0 Å². The maximum atomic E-state index is 14.2. The number of carbonyl (C=O) groups excluding carboxylic acids is 7. The normalized spacial score (nSPS) is 24.1. The molecule has 2 aromatic rings. The monoisotopic (exact) mass is 1590 g/mol. The number of rotatable bonds is 15. The molecule has 4 heterocycles. The Morgan fingerprint density at radius 1 is 0.667 bits per heavy atom. The molecule has 4 saturated carbocycles. The van der Waals surface area contributed by atoms with E-state index >= 15 is 0 Å². The molecule has 25 nitrogen and oxygen atoms in total. The molecule has 4 aliphatic heterocycles. The van der Waals surface area contributed by atoms with Crippen molar-refractivity contribution in [1.82, 2.24) is 35.0 Å². The first kappa shape index (κ1) is 80.9. The third-order valence-corrected chi connectivity index (χ3v) is 19.7. The van der Waals surface area contributed by atoms with Crippen molar-refractivity contribution >= 4 is 134 Å². The fourth-order valence-electron chi connectivity index (χ4n) is 10.8. The Morgan fingerprint density at radius 3 is 1.33 bits per heavy atom. The first-order valence-corrected chi connectivity index (χ1v) is 33.2. The minimum absolute atomic E-state index is 0. The molecule has 504 valence electrons. The Bertz CT molecular complexity index is 3510. The number of benzene rings is 2. The molecule has 6 N–H and O–H groups in total. The van der Waals surface area contributed by atoms with Gasteiger partial charge < -0.3 is 34.7 Å². The number of primary sulfonamides is 1. The number of nitrogens with zero attached hydrogens (tertiary/aromatic N) is 4. The summed E-state index contributed by atoms with van der Waals surface area (Å²) in [5.41, 5.74) is -2.56. The van der Waals surface area contributed by atoms with E-state index in [1.54, 1.807) is 65.8 Å². The molecule has 8 aliphatic rings. The second kappa shape index (κ2) is 32.5. The average Bonchev–Trinajstić information content (AvgIpc) is 1.58. The van der Waals surface area contributed by atoms with Crippen LogP contribution in [0.3, 0.4) is 0 Å². The Morgan fingerprint density at radius 2 is 1.04 bits per heavy atom. The van der Waals surface area contributed by atoms with Crippen LogP contribution < -0.4 is 20.5 Å². The predicted octanol–water partition coefficient (Wildman–Crippen LogP) is 1.51. The molecule has 2 saturated heterocycles. The van der Waals surface area contributed by atoms with Crippen LogP contribution in [-0.2, 0) is 84.4 Å². The molecule has 0 unspecified atom stereocenters. The zero-order valence-electron chi connectivity index (χ0n) is 54.7. The van der Waals surface area contributed by atoms with Gasteiger partial charge in [-0.25, -0.2) is 54.7 Å². The number of carbonyl (C=O) groups is 8. The molecule has 8 atom stereocenters. The van der Waals surface area contributed by atoms with E-state index in [9.17, 15) is 69.1 Å². The smallest absolute Gasteiger partial charge is 0.411 e. The van der Waals surface area contributed by atoms with Crippen LogP contribution in [0.4, 0.5) is 28.0 Å². The topological polar surface area (TPSA) is 337 Å². The predicted molar refractivity (Wildman–Crippen MR) is 357 cm³/mol. The molecular formula is C57H77B9F2N8O17S2U. The van der Waals surface area contributed by atoms with E-state index in [1.807, 2.05) is 0 Å². The van der Waals surface area contributed by atoms with Crippen molar-refractivity contribution in [3.05, 3.63) is 95.6 Å². The standard InChI is InChI=1S/C28H35FN4O8S.C25H30FN3O7.C3H7NO2S.CH4.B8.BH.U/c1-5-17-12-28(17,24(35)31-42(38,39)19-9-10-19)30-23(34)22-11-18(14-33(22)26(37)41-27(2,3)4)40-25(36)32-13-16-7-6-8-21(29)20(16)15-32;1-5-15-10-25(15,21(31)32)27-20(30)19-9-16(12-29(19)23(34)36-24(2,3)4)35-22(33)28-11-14-7-6-8-18(26)17(14)13-28;4-7(5,6)3-1-2-3;;1-6(2)8(5)7(3)4;;/h5-8,17-19,22H,1,9-15H2,2-4H3,(H,30,34)(H,31,35);5-8,15-16,19H,1,9-13H2,2-4H3,(H,27,30)(H,31,32);3H,1-2H2,(H2,4,5,6);1H4;;1H;/t17-,18-,22+,28-;15-,16-,19+,25-;;;;;/m11...../s1/i;;;;;1D;. The van der Waals surface area contributed by atoms with Crippen molar-refractivity contribution in [3.8, 4) is 0 Å². The molecule has 2 aromatic carbocycles. The minimum Gasteiger partial charge on any atom is -0.479 e. The van der Waals surface area contributed by atoms with Gasteiger partial charge in [0.2, 0.25) is 31.9 Å². The number of likely N-dealkylation sites (tertiary alicyclic amines) is 2. The molecule has 0 aromatic heterocycles. The molecule has 12 radical (unpaired) electrons. The van der Waals surface area contributed by atoms with Gasteiger partial charge >= 0.3 is 30.3 Å². The van der Waals surface area contributed by atoms with Crippen molar-refractivity contribution < 1.29 is 119 Å². The summed E-state index contributed by atoms with van der Waals surface area (Å²) in [6, 6.07) is 6.95. The van der Waals surface area contributed by atoms with E-state index < -0.39 is 163 Å². The summed E-state index contributed by atoms with van der Waals surface area (Å²) in [6.07, 6.45) is -0.973. The van der Waals surface area contributed by atoms with Crippen LogP contribution in [0.25, 0.3) is 0 Å². The average molecular weight is 1580 g/mol. The number of ether oxygens (including phenoxy) is 4. The summed E-state index contributed by atoms with van der Waals surface area (Å²) in [7, 11) is 22.5. The molecule has 96 heavy (non-hydrogen) atoms. The molecule has 4 aliphatic carbocycles. The van der Waals surface area contributed by atoms with E-state index in [-0.39, 0.29) is 109 Å². The number of fused-ring (bicyclic) bond motifs is 2. The van der Waals surface area contributed by atoms with Gasteiger partial charge in [-0.15, -0.1) is 13.2 Å². The van der Waals surface area contributed by atoms with Gasteiger partial charge in [-0.3, -0.25) is 38.7 Å². The summed E-state index contributed by atoms with van der Waals surface area (Å²) >= 11 is 0. The van der Waals surface area contributed by atoms with Crippen LogP contribution in [0.5, 0.6) is 0 Å². The third-order valence-electron chi connectivity index (χ3n) is 16.4. The van der Waals surface area contributed by atoms with E-state index in [0.717, 1.165) is 22.6 Å². The number of aliphatic carboxylic acids is 1. The van der Waals surface area contributed by atoms with Crippen LogP contribution in [-0.4, -0.2) is 227 Å². The van der Waals surface area contributed by atoms with Crippen LogP contribution in [0, 0.1) is 54.6 Å². The summed E-state index contributed by atoms with van der Waals surface area (Å²) in [5.74, 6) is -5.22. The summed E-state index contributed by atoms with van der Waals surface area (Å²) in [4.78, 5) is 108. The fraction of sp³-hybridized carbons (Fsp3) is 0.579. The summed E-state index contributed by atoms with van der Waals surface area (Å²) in [6.45, 7) is 17.5. The van der Waals surface area contributed by atoms with Crippen LogP contribution in [0.15, 0.2) is 61.7 Å². The number of hydrogen-bond donors (Lipinski definition) is 5. The maximum Gasteiger partial charge on any atom is 0.411 e. The number of halogens is 2. The Hall–Kier alpha value is -5.76. The largest absolute Gasteiger partial charge is 0.479 e. The number of sulfonamides is 2. The number of carboxylic acid groups (broad SMARTS) is 1. The number of nitrogens with one attached hydrogen (secondary N) is 3. The maximum absolute atomic E-state index is 14.2. The van der Waals surface area contributed by atoms with Gasteiger partial charge in [0.05, 0.1) is 36.7 Å². The number of hydrogen-bond acceptors (Lipinski definition) is 16. The third kappa shape index (κ3) is 20.9. The molecule has 0 spiro atoms. The van der Waals surface area contributed by atoms with Crippen molar-refractivity contribution in [3.63, 3.8) is 0 Å². The Labute approximate surface area is 595 Å². The van der Waals surface area contributed by atoms with E-state index in [0.29, 0.717) is 35.1 Å². The molecular weight excluding hydrogens is 1510 g/mol. The number of amides is 7. The number of carboxylic acids is 1. The quantitative estimate of drug-likeness (QED) is 0.0958. The van der Waals surface area contributed by atoms with Gasteiger partial charge in [-0.1, -0.05) is 43.8 Å². The molecule has 10 rings (SSSR count). The molecule has 7 amide bonds. The second-order valence-corrected chi connectivity index (χ2v) is 30.1. The van der Waals surface area contributed by atoms with Gasteiger partial charge in [0.25, 0.3) is 5.91 Å². The molecule has 0 bridgehead atoms. The van der Waals surface area contributed by atoms with Crippen LogP contribution in [0.2, 0.25) is 0 Å². The fourth-order valence-corrected chi connectivity index (χ4v) is 12.9. The van der Waals surface area contributed by atoms with Crippen LogP contribution in [0.1, 0.15) is 123 Å².